The number of nitrogens with zero attached hydrogens (tertiary/aromatic N) is 2. The van der Waals surface area contributed by atoms with Crippen LogP contribution in [-0.4, -0.2) is 32.9 Å². The third-order valence-corrected chi connectivity index (χ3v) is 4.94. The summed E-state index contributed by atoms with van der Waals surface area (Å²) in [6.45, 7) is 9.21. The van der Waals surface area contributed by atoms with Gasteiger partial charge in [0.05, 0.1) is 10.2 Å². The molecule has 114 valence electrons. The lowest BCUT2D eigenvalue weighted by molar-refractivity contribution is -0.145. The zero-order valence-electron chi connectivity index (χ0n) is 12.7. The van der Waals surface area contributed by atoms with Crippen LogP contribution >= 0.6 is 15.9 Å². The smallest absolute Gasteiger partial charge is 0.323 e. The summed E-state index contributed by atoms with van der Waals surface area (Å²) in [6, 6.07) is 0. The topological polar surface area (TPSA) is 67.2 Å². The molecular weight excluding hydrogens is 322 g/mol. The lowest BCUT2D eigenvalue weighted by Gasteiger charge is -2.29. The average molecular weight is 346 g/mol. The lowest BCUT2D eigenvalue weighted by atomic mass is 9.90. The Bertz CT molecular complexity index is 473. The van der Waals surface area contributed by atoms with Gasteiger partial charge in [0, 0.05) is 12.2 Å². The summed E-state index contributed by atoms with van der Waals surface area (Å²) in [5, 5.41) is 17.0. The van der Waals surface area contributed by atoms with E-state index in [2.05, 4.69) is 26.3 Å². The van der Waals surface area contributed by atoms with Crippen molar-refractivity contribution >= 4 is 21.9 Å². The van der Waals surface area contributed by atoms with E-state index in [1.54, 1.807) is 0 Å². The summed E-state index contributed by atoms with van der Waals surface area (Å²) >= 11 is 3.50. The van der Waals surface area contributed by atoms with E-state index in [0.29, 0.717) is 19.4 Å². The molecule has 20 heavy (non-hydrogen) atoms. The van der Waals surface area contributed by atoms with Crippen molar-refractivity contribution in [2.75, 3.05) is 6.54 Å². The Balaban J connectivity index is 2.69. The van der Waals surface area contributed by atoms with Crippen LogP contribution in [0.25, 0.3) is 0 Å². The number of halogens is 1. The van der Waals surface area contributed by atoms with E-state index in [0.717, 1.165) is 28.8 Å². The summed E-state index contributed by atoms with van der Waals surface area (Å²) < 4.78 is 2.97. The summed E-state index contributed by atoms with van der Waals surface area (Å²) in [7, 11) is 0. The van der Waals surface area contributed by atoms with E-state index in [1.165, 1.54) is 0 Å². The molecular formula is C14H24BrN3O2. The third-order valence-electron chi connectivity index (χ3n) is 3.79. The van der Waals surface area contributed by atoms with E-state index in [9.17, 15) is 9.90 Å². The van der Waals surface area contributed by atoms with Gasteiger partial charge in [0.2, 0.25) is 0 Å². The van der Waals surface area contributed by atoms with Crippen molar-refractivity contribution in [1.29, 1.82) is 0 Å². The van der Waals surface area contributed by atoms with Gasteiger partial charge in [0.25, 0.3) is 0 Å². The lowest BCUT2D eigenvalue weighted by Crippen LogP contribution is -2.51. The molecule has 1 heterocycles. The van der Waals surface area contributed by atoms with Crippen molar-refractivity contribution in [3.8, 4) is 0 Å². The molecule has 6 heteroatoms. The second kappa shape index (κ2) is 7.22. The SMILES string of the molecule is CCNC(CC)(CCCn1nc(C)c(Br)c1C)C(=O)O. The average Bonchev–Trinajstić information content (AvgIpc) is 2.65. The predicted octanol–water partition coefficient (Wildman–Crippen LogP) is 2.89. The highest BCUT2D eigenvalue weighted by molar-refractivity contribution is 9.10. The molecule has 1 rings (SSSR count). The maximum absolute atomic E-state index is 11.5. The molecule has 0 spiro atoms. The Morgan fingerprint density at radius 3 is 2.50 bits per heavy atom. The zero-order chi connectivity index (χ0) is 15.3. The van der Waals surface area contributed by atoms with Gasteiger partial charge >= 0.3 is 5.97 Å². The van der Waals surface area contributed by atoms with Crippen molar-refractivity contribution in [3.63, 3.8) is 0 Å². The van der Waals surface area contributed by atoms with Gasteiger partial charge in [-0.15, -0.1) is 0 Å². The fourth-order valence-electron chi connectivity index (χ4n) is 2.49. The van der Waals surface area contributed by atoms with Crippen LogP contribution in [-0.2, 0) is 11.3 Å². The fraction of sp³-hybridized carbons (Fsp3) is 0.714. The monoisotopic (exact) mass is 345 g/mol. The molecule has 0 amide bonds. The Morgan fingerprint density at radius 1 is 1.45 bits per heavy atom. The van der Waals surface area contributed by atoms with Gasteiger partial charge in [-0.2, -0.15) is 5.10 Å². The molecule has 1 unspecified atom stereocenters. The third kappa shape index (κ3) is 3.61. The molecule has 0 aliphatic heterocycles. The summed E-state index contributed by atoms with van der Waals surface area (Å²) in [4.78, 5) is 11.5. The van der Waals surface area contributed by atoms with E-state index in [4.69, 9.17) is 0 Å². The molecule has 1 aromatic heterocycles. The number of aromatic nitrogens is 2. The van der Waals surface area contributed by atoms with E-state index in [1.807, 2.05) is 32.4 Å². The maximum atomic E-state index is 11.5. The second-order valence-electron chi connectivity index (χ2n) is 5.08. The van der Waals surface area contributed by atoms with Crippen LogP contribution in [0, 0.1) is 13.8 Å². The number of carboxylic acids is 1. The van der Waals surface area contributed by atoms with Crippen LogP contribution in [0.1, 0.15) is 44.5 Å². The summed E-state index contributed by atoms with van der Waals surface area (Å²) in [6.07, 6.45) is 1.96. The summed E-state index contributed by atoms with van der Waals surface area (Å²) in [5.41, 5.74) is 1.24. The Hall–Kier alpha value is -0.880. The van der Waals surface area contributed by atoms with Crippen LogP contribution in [0.2, 0.25) is 0 Å². The van der Waals surface area contributed by atoms with E-state index >= 15 is 0 Å². The number of rotatable bonds is 8. The van der Waals surface area contributed by atoms with Crippen LogP contribution < -0.4 is 5.32 Å². The highest BCUT2D eigenvalue weighted by Crippen LogP contribution is 2.22. The number of hydrogen-bond donors (Lipinski definition) is 2. The first-order chi connectivity index (χ1) is 9.38. The number of likely N-dealkylation sites (N-methyl/N-ethyl adjacent to an activating group) is 1. The van der Waals surface area contributed by atoms with Crippen molar-refractivity contribution in [3.05, 3.63) is 15.9 Å². The molecule has 0 radical (unpaired) electrons. The van der Waals surface area contributed by atoms with Crippen LogP contribution in [0.3, 0.4) is 0 Å². The van der Waals surface area contributed by atoms with Crippen molar-refractivity contribution < 1.29 is 9.90 Å². The Morgan fingerprint density at radius 2 is 2.10 bits per heavy atom. The molecule has 0 aliphatic carbocycles. The van der Waals surface area contributed by atoms with E-state index < -0.39 is 11.5 Å². The molecule has 0 saturated heterocycles. The van der Waals surface area contributed by atoms with Gasteiger partial charge in [-0.05, 0) is 55.6 Å². The minimum atomic E-state index is -0.817. The number of nitrogens with one attached hydrogen (secondary N) is 1. The predicted molar refractivity (Wildman–Crippen MR) is 83.0 cm³/mol. The largest absolute Gasteiger partial charge is 0.480 e. The first-order valence-electron chi connectivity index (χ1n) is 7.06. The molecule has 1 aromatic rings. The van der Waals surface area contributed by atoms with Crippen LogP contribution in [0.5, 0.6) is 0 Å². The standard InChI is InChI=1S/C14H24BrN3O2/c1-5-14(13(19)20,16-6-2)8-7-9-18-11(4)12(15)10(3)17-18/h16H,5-9H2,1-4H3,(H,19,20). The second-order valence-corrected chi connectivity index (χ2v) is 5.88. The van der Waals surface area contributed by atoms with Gasteiger partial charge in [-0.1, -0.05) is 13.8 Å². The van der Waals surface area contributed by atoms with Gasteiger partial charge in [0.1, 0.15) is 5.54 Å². The van der Waals surface area contributed by atoms with Crippen molar-refractivity contribution in [2.24, 2.45) is 0 Å². The van der Waals surface area contributed by atoms with Crippen LogP contribution in [0.15, 0.2) is 4.47 Å². The first kappa shape index (κ1) is 17.2. The number of carboxylic acid groups (broad SMARTS) is 1. The molecule has 0 aromatic carbocycles. The number of aryl methyl sites for hydroxylation is 2. The summed E-state index contributed by atoms with van der Waals surface area (Å²) in [5.74, 6) is -0.767. The van der Waals surface area contributed by atoms with Gasteiger partial charge < -0.3 is 10.4 Å². The fourth-order valence-corrected chi connectivity index (χ4v) is 2.77. The highest BCUT2D eigenvalue weighted by atomic mass is 79.9. The zero-order valence-corrected chi connectivity index (χ0v) is 14.2. The Kier molecular flexibility index (Phi) is 6.20. The molecule has 0 bridgehead atoms. The molecule has 2 N–H and O–H groups in total. The quantitative estimate of drug-likeness (QED) is 0.760. The van der Waals surface area contributed by atoms with Gasteiger partial charge in [-0.25, -0.2) is 0 Å². The Labute approximate surface area is 128 Å². The number of hydrogen-bond acceptors (Lipinski definition) is 3. The van der Waals surface area contributed by atoms with Crippen LogP contribution in [0.4, 0.5) is 0 Å². The molecule has 1 atom stereocenters. The molecule has 5 nitrogen and oxygen atoms in total. The molecule has 0 saturated carbocycles. The van der Waals surface area contributed by atoms with Crippen molar-refractivity contribution in [1.82, 2.24) is 15.1 Å². The highest BCUT2D eigenvalue weighted by Gasteiger charge is 2.35. The first-order valence-corrected chi connectivity index (χ1v) is 7.85. The number of aliphatic carboxylic acids is 1. The number of carbonyl (C=O) groups is 1. The molecule has 0 aliphatic rings. The van der Waals surface area contributed by atoms with Gasteiger partial charge in [-0.3, -0.25) is 9.48 Å². The normalized spacial score (nSPS) is 14.2. The van der Waals surface area contributed by atoms with E-state index in [-0.39, 0.29) is 0 Å². The molecule has 0 fully saturated rings. The maximum Gasteiger partial charge on any atom is 0.323 e. The minimum absolute atomic E-state index is 0.580. The van der Waals surface area contributed by atoms with Crippen molar-refractivity contribution in [2.45, 2.75) is 59.0 Å². The van der Waals surface area contributed by atoms with Gasteiger partial charge in [0.15, 0.2) is 0 Å². The minimum Gasteiger partial charge on any atom is -0.480 e.